The monoisotopic (exact) mass is 351 g/mol. The van der Waals surface area contributed by atoms with Crippen LogP contribution in [0.2, 0.25) is 0 Å². The van der Waals surface area contributed by atoms with Crippen molar-refractivity contribution in [3.63, 3.8) is 0 Å². The Labute approximate surface area is 130 Å². The van der Waals surface area contributed by atoms with E-state index < -0.39 is 5.60 Å². The first-order valence-electron chi connectivity index (χ1n) is 7.15. The number of ether oxygens (including phenoxy) is 3. The molecule has 0 radical (unpaired) electrons. The predicted octanol–water partition coefficient (Wildman–Crippen LogP) is 2.81. The lowest BCUT2D eigenvalue weighted by molar-refractivity contribution is -0.0278. The molecular weight excluding hydrogens is 326 g/mol. The summed E-state index contributed by atoms with van der Waals surface area (Å²) in [7, 11) is 0. The fourth-order valence-electron chi connectivity index (χ4n) is 1.96. The van der Waals surface area contributed by atoms with Crippen LogP contribution in [0.4, 0.5) is 4.79 Å². The minimum absolute atomic E-state index is 0.223. The third-order valence-electron chi connectivity index (χ3n) is 2.90. The summed E-state index contributed by atoms with van der Waals surface area (Å²) < 4.78 is 16.4. The number of hydrogen-bond acceptors (Lipinski definition) is 4. The summed E-state index contributed by atoms with van der Waals surface area (Å²) in [6, 6.07) is 0. The molecule has 0 aromatic heterocycles. The number of piperidine rings is 1. The quantitative estimate of drug-likeness (QED) is 0.545. The van der Waals surface area contributed by atoms with Gasteiger partial charge in [-0.15, -0.1) is 0 Å². The van der Waals surface area contributed by atoms with Crippen molar-refractivity contribution in [2.75, 3.05) is 38.2 Å². The summed E-state index contributed by atoms with van der Waals surface area (Å²) in [6.45, 7) is 8.99. The van der Waals surface area contributed by atoms with Crippen LogP contribution in [0.15, 0.2) is 0 Å². The number of hydrogen-bond donors (Lipinski definition) is 0. The van der Waals surface area contributed by atoms with Gasteiger partial charge in [-0.1, -0.05) is 15.9 Å². The summed E-state index contributed by atoms with van der Waals surface area (Å²) in [6.07, 6.45) is 1.72. The molecular formula is C14H26BrNO4. The lowest BCUT2D eigenvalue weighted by atomic mass is 10.1. The molecule has 0 bridgehead atoms. The van der Waals surface area contributed by atoms with Gasteiger partial charge >= 0.3 is 6.09 Å². The number of carbonyl (C=O) groups is 1. The predicted molar refractivity (Wildman–Crippen MR) is 81.4 cm³/mol. The second kappa shape index (κ2) is 8.85. The maximum absolute atomic E-state index is 11.9. The van der Waals surface area contributed by atoms with Gasteiger partial charge in [0.25, 0.3) is 0 Å². The fraction of sp³-hybridized carbons (Fsp3) is 0.929. The molecule has 1 fully saturated rings. The number of amides is 1. The standard InChI is InChI=1S/C14H26BrNO4/c1-14(2,3)20-13(17)16-7-4-12(5-8-16)19-11-10-18-9-6-15/h12H,4-11H2,1-3H3. The first kappa shape index (κ1) is 17.7. The summed E-state index contributed by atoms with van der Waals surface area (Å²) in [5.41, 5.74) is -0.433. The highest BCUT2D eigenvalue weighted by molar-refractivity contribution is 9.09. The Hall–Kier alpha value is -0.330. The average Bonchev–Trinajstić information content (AvgIpc) is 2.37. The molecule has 0 aromatic carbocycles. The highest BCUT2D eigenvalue weighted by Gasteiger charge is 2.26. The van der Waals surface area contributed by atoms with Crippen LogP contribution >= 0.6 is 15.9 Å². The van der Waals surface area contributed by atoms with Gasteiger partial charge < -0.3 is 19.1 Å². The molecule has 1 saturated heterocycles. The van der Waals surface area contributed by atoms with Crippen LogP contribution in [-0.4, -0.2) is 60.9 Å². The van der Waals surface area contributed by atoms with Crippen LogP contribution in [0.5, 0.6) is 0 Å². The molecule has 118 valence electrons. The van der Waals surface area contributed by atoms with E-state index >= 15 is 0 Å². The van der Waals surface area contributed by atoms with Crippen molar-refractivity contribution in [2.45, 2.75) is 45.3 Å². The third-order valence-corrected chi connectivity index (χ3v) is 3.22. The average molecular weight is 352 g/mol. The zero-order valence-electron chi connectivity index (χ0n) is 12.7. The second-order valence-corrected chi connectivity index (χ2v) is 6.63. The smallest absolute Gasteiger partial charge is 0.410 e. The van der Waals surface area contributed by atoms with Gasteiger partial charge in [0.15, 0.2) is 0 Å². The largest absolute Gasteiger partial charge is 0.444 e. The van der Waals surface area contributed by atoms with E-state index in [4.69, 9.17) is 14.2 Å². The van der Waals surface area contributed by atoms with Crippen molar-refractivity contribution in [1.29, 1.82) is 0 Å². The number of alkyl halides is 1. The topological polar surface area (TPSA) is 48.0 Å². The van der Waals surface area contributed by atoms with Crippen LogP contribution in [0.1, 0.15) is 33.6 Å². The molecule has 6 heteroatoms. The van der Waals surface area contributed by atoms with Crippen LogP contribution < -0.4 is 0 Å². The molecule has 1 rings (SSSR count). The Bertz CT molecular complexity index is 285. The van der Waals surface area contributed by atoms with Crippen LogP contribution in [-0.2, 0) is 14.2 Å². The Balaban J connectivity index is 2.15. The molecule has 0 N–H and O–H groups in total. The molecule has 0 aromatic rings. The van der Waals surface area contributed by atoms with Crippen LogP contribution in [0, 0.1) is 0 Å². The van der Waals surface area contributed by atoms with Crippen molar-refractivity contribution < 1.29 is 19.0 Å². The number of likely N-dealkylation sites (tertiary alicyclic amines) is 1. The Morgan fingerprint density at radius 1 is 1.20 bits per heavy atom. The Morgan fingerprint density at radius 3 is 2.40 bits per heavy atom. The van der Waals surface area contributed by atoms with Crippen molar-refractivity contribution in [1.82, 2.24) is 4.90 Å². The lowest BCUT2D eigenvalue weighted by Crippen LogP contribution is -2.43. The van der Waals surface area contributed by atoms with E-state index in [0.717, 1.165) is 18.2 Å². The van der Waals surface area contributed by atoms with Crippen molar-refractivity contribution in [3.05, 3.63) is 0 Å². The Kier molecular flexibility index (Phi) is 7.84. The van der Waals surface area contributed by atoms with Crippen LogP contribution in [0.3, 0.4) is 0 Å². The molecule has 0 spiro atoms. The van der Waals surface area contributed by atoms with Gasteiger partial charge in [-0.3, -0.25) is 0 Å². The maximum atomic E-state index is 11.9. The third kappa shape index (κ3) is 7.45. The summed E-state index contributed by atoms with van der Waals surface area (Å²) in [5, 5.41) is 0.848. The van der Waals surface area contributed by atoms with E-state index in [0.29, 0.717) is 32.9 Å². The highest BCUT2D eigenvalue weighted by atomic mass is 79.9. The highest BCUT2D eigenvalue weighted by Crippen LogP contribution is 2.17. The first-order valence-corrected chi connectivity index (χ1v) is 8.28. The molecule has 1 aliphatic heterocycles. The summed E-state index contributed by atoms with van der Waals surface area (Å²) >= 11 is 3.30. The van der Waals surface area contributed by atoms with Gasteiger partial charge in [0, 0.05) is 18.4 Å². The summed E-state index contributed by atoms with van der Waals surface area (Å²) in [4.78, 5) is 13.6. The first-order chi connectivity index (χ1) is 9.42. The van der Waals surface area contributed by atoms with E-state index in [1.165, 1.54) is 0 Å². The molecule has 0 aliphatic carbocycles. The lowest BCUT2D eigenvalue weighted by Gasteiger charge is -2.33. The molecule has 20 heavy (non-hydrogen) atoms. The van der Waals surface area contributed by atoms with Crippen molar-refractivity contribution >= 4 is 22.0 Å². The van der Waals surface area contributed by atoms with E-state index in [2.05, 4.69) is 15.9 Å². The summed E-state index contributed by atoms with van der Waals surface area (Å²) in [5.74, 6) is 0. The van der Waals surface area contributed by atoms with Gasteiger partial charge in [-0.05, 0) is 33.6 Å². The second-order valence-electron chi connectivity index (χ2n) is 5.84. The zero-order chi connectivity index (χ0) is 15.0. The van der Waals surface area contributed by atoms with Gasteiger partial charge in [-0.2, -0.15) is 0 Å². The number of halogens is 1. The molecule has 0 unspecified atom stereocenters. The van der Waals surface area contributed by atoms with E-state index in [9.17, 15) is 4.79 Å². The SMILES string of the molecule is CC(C)(C)OC(=O)N1CCC(OCCOCCBr)CC1. The van der Waals surface area contributed by atoms with Crippen LogP contribution in [0.25, 0.3) is 0 Å². The molecule has 5 nitrogen and oxygen atoms in total. The molecule has 0 saturated carbocycles. The van der Waals surface area contributed by atoms with E-state index in [-0.39, 0.29) is 12.2 Å². The molecule has 1 amide bonds. The van der Waals surface area contributed by atoms with E-state index in [1.54, 1.807) is 4.90 Å². The van der Waals surface area contributed by atoms with Gasteiger partial charge in [0.2, 0.25) is 0 Å². The van der Waals surface area contributed by atoms with Crippen molar-refractivity contribution in [3.8, 4) is 0 Å². The molecule has 1 heterocycles. The minimum Gasteiger partial charge on any atom is -0.444 e. The number of nitrogens with zero attached hydrogens (tertiary/aromatic N) is 1. The normalized spacial score (nSPS) is 17.3. The number of rotatable bonds is 6. The molecule has 0 atom stereocenters. The minimum atomic E-state index is -0.433. The van der Waals surface area contributed by atoms with Gasteiger partial charge in [0.1, 0.15) is 5.60 Å². The number of carbonyl (C=O) groups excluding carboxylic acids is 1. The fourth-order valence-corrected chi connectivity index (χ4v) is 2.19. The maximum Gasteiger partial charge on any atom is 0.410 e. The zero-order valence-corrected chi connectivity index (χ0v) is 14.3. The Morgan fingerprint density at radius 2 is 1.85 bits per heavy atom. The van der Waals surface area contributed by atoms with E-state index in [1.807, 2.05) is 20.8 Å². The molecule has 1 aliphatic rings. The van der Waals surface area contributed by atoms with Gasteiger partial charge in [-0.25, -0.2) is 4.79 Å². The van der Waals surface area contributed by atoms with Crippen molar-refractivity contribution in [2.24, 2.45) is 0 Å². The van der Waals surface area contributed by atoms with Gasteiger partial charge in [0.05, 0.1) is 25.9 Å².